The monoisotopic (exact) mass is 268 g/mol. The highest BCUT2D eigenvalue weighted by Crippen LogP contribution is 2.39. The lowest BCUT2D eigenvalue weighted by atomic mass is 9.98. The summed E-state index contributed by atoms with van der Waals surface area (Å²) in [5.74, 6) is 0.617. The number of piperidine rings is 1. The van der Waals surface area contributed by atoms with Crippen LogP contribution >= 0.6 is 0 Å². The predicted molar refractivity (Wildman–Crippen MR) is 75.1 cm³/mol. The number of nitrogens with one attached hydrogen (secondary N) is 1. The van der Waals surface area contributed by atoms with Crippen molar-refractivity contribution in [1.29, 1.82) is 0 Å². The van der Waals surface area contributed by atoms with E-state index in [-0.39, 0.29) is 5.79 Å². The van der Waals surface area contributed by atoms with E-state index in [4.69, 9.17) is 9.47 Å². The molecule has 1 aliphatic carbocycles. The van der Waals surface area contributed by atoms with Crippen molar-refractivity contribution < 1.29 is 9.47 Å². The molecule has 4 nitrogen and oxygen atoms in total. The average molecular weight is 268 g/mol. The van der Waals surface area contributed by atoms with Crippen LogP contribution in [0.3, 0.4) is 0 Å². The van der Waals surface area contributed by atoms with Crippen molar-refractivity contribution >= 4 is 0 Å². The fraction of sp³-hybridized carbons (Fsp3) is 1.00. The first kappa shape index (κ1) is 13.8. The third-order valence-electron chi connectivity index (χ3n) is 4.84. The molecule has 1 saturated carbocycles. The highest BCUT2D eigenvalue weighted by molar-refractivity contribution is 4.86. The van der Waals surface area contributed by atoms with Gasteiger partial charge in [0.25, 0.3) is 0 Å². The van der Waals surface area contributed by atoms with Crippen LogP contribution in [0, 0.1) is 5.92 Å². The van der Waals surface area contributed by atoms with Crippen molar-refractivity contribution in [3.63, 3.8) is 0 Å². The number of nitrogens with zero attached hydrogens (tertiary/aromatic N) is 1. The van der Waals surface area contributed by atoms with Crippen LogP contribution in [0.2, 0.25) is 0 Å². The number of rotatable bonds is 4. The van der Waals surface area contributed by atoms with Crippen LogP contribution in [-0.4, -0.2) is 56.6 Å². The predicted octanol–water partition coefficient (Wildman–Crippen LogP) is 1.60. The first-order valence-corrected chi connectivity index (χ1v) is 7.98. The second kappa shape index (κ2) is 6.08. The van der Waals surface area contributed by atoms with Gasteiger partial charge in [-0.2, -0.15) is 0 Å². The Labute approximate surface area is 116 Å². The van der Waals surface area contributed by atoms with Gasteiger partial charge in [-0.15, -0.1) is 0 Å². The van der Waals surface area contributed by atoms with Gasteiger partial charge in [0.2, 0.25) is 0 Å². The van der Waals surface area contributed by atoms with Crippen LogP contribution in [0.15, 0.2) is 0 Å². The third kappa shape index (κ3) is 3.30. The van der Waals surface area contributed by atoms with Crippen molar-refractivity contribution in [1.82, 2.24) is 10.2 Å². The van der Waals surface area contributed by atoms with E-state index in [2.05, 4.69) is 17.3 Å². The molecule has 2 aliphatic heterocycles. The van der Waals surface area contributed by atoms with Crippen molar-refractivity contribution in [2.24, 2.45) is 5.92 Å². The largest absolute Gasteiger partial charge is 0.347 e. The standard InChI is InChI=1S/C15H28N2O2/c1-16-9-13-5-4-8-17(10-13)11-14-12-18-15(19-14)6-2-3-7-15/h13-14,16H,2-12H2,1H3. The number of hydrogen-bond donors (Lipinski definition) is 1. The van der Waals surface area contributed by atoms with Gasteiger partial charge in [-0.1, -0.05) is 0 Å². The Morgan fingerprint density at radius 2 is 2.11 bits per heavy atom. The second-order valence-electron chi connectivity index (χ2n) is 6.49. The van der Waals surface area contributed by atoms with Crippen LogP contribution in [0.5, 0.6) is 0 Å². The van der Waals surface area contributed by atoms with Gasteiger partial charge < -0.3 is 19.7 Å². The highest BCUT2D eigenvalue weighted by Gasteiger charge is 2.44. The van der Waals surface area contributed by atoms with Crippen LogP contribution in [-0.2, 0) is 9.47 Å². The summed E-state index contributed by atoms with van der Waals surface area (Å²) in [6, 6.07) is 0. The molecule has 1 spiro atoms. The molecular weight excluding hydrogens is 240 g/mol. The molecule has 4 heteroatoms. The van der Waals surface area contributed by atoms with Crippen LogP contribution in [0.4, 0.5) is 0 Å². The highest BCUT2D eigenvalue weighted by atomic mass is 16.7. The summed E-state index contributed by atoms with van der Waals surface area (Å²) in [5.41, 5.74) is 0. The van der Waals surface area contributed by atoms with E-state index in [1.807, 2.05) is 0 Å². The first-order chi connectivity index (χ1) is 9.30. The first-order valence-electron chi connectivity index (χ1n) is 7.98. The molecule has 1 N–H and O–H groups in total. The van der Waals surface area contributed by atoms with Crippen molar-refractivity contribution in [3.05, 3.63) is 0 Å². The third-order valence-corrected chi connectivity index (χ3v) is 4.84. The van der Waals surface area contributed by atoms with Gasteiger partial charge in [0, 0.05) is 25.9 Å². The lowest BCUT2D eigenvalue weighted by Crippen LogP contribution is -2.43. The maximum absolute atomic E-state index is 6.23. The van der Waals surface area contributed by atoms with E-state index in [9.17, 15) is 0 Å². The Kier molecular flexibility index (Phi) is 4.42. The van der Waals surface area contributed by atoms with E-state index in [1.165, 1.54) is 38.8 Å². The molecular formula is C15H28N2O2. The van der Waals surface area contributed by atoms with Crippen molar-refractivity contribution in [2.75, 3.05) is 39.8 Å². The summed E-state index contributed by atoms with van der Waals surface area (Å²) in [4.78, 5) is 2.58. The molecule has 2 atom stereocenters. The molecule has 0 radical (unpaired) electrons. The van der Waals surface area contributed by atoms with Gasteiger partial charge >= 0.3 is 0 Å². The molecule has 3 fully saturated rings. The number of likely N-dealkylation sites (tertiary alicyclic amines) is 1. The summed E-state index contributed by atoms with van der Waals surface area (Å²) in [6.45, 7) is 5.44. The fourth-order valence-electron chi connectivity index (χ4n) is 3.94. The van der Waals surface area contributed by atoms with Gasteiger partial charge in [0.15, 0.2) is 5.79 Å². The van der Waals surface area contributed by atoms with Crippen LogP contribution < -0.4 is 5.32 Å². The van der Waals surface area contributed by atoms with Gasteiger partial charge in [0.05, 0.1) is 12.7 Å². The Morgan fingerprint density at radius 3 is 2.89 bits per heavy atom. The lowest BCUT2D eigenvalue weighted by Gasteiger charge is -2.34. The van der Waals surface area contributed by atoms with Gasteiger partial charge in [0.1, 0.15) is 0 Å². The van der Waals surface area contributed by atoms with Gasteiger partial charge in [-0.3, -0.25) is 0 Å². The molecule has 0 aromatic carbocycles. The van der Waals surface area contributed by atoms with E-state index in [0.29, 0.717) is 6.10 Å². The van der Waals surface area contributed by atoms with Gasteiger partial charge in [-0.25, -0.2) is 0 Å². The molecule has 2 unspecified atom stereocenters. The van der Waals surface area contributed by atoms with E-state index in [1.54, 1.807) is 0 Å². The molecule has 3 rings (SSSR count). The minimum absolute atomic E-state index is 0.190. The zero-order valence-electron chi connectivity index (χ0n) is 12.2. The minimum atomic E-state index is -0.190. The maximum atomic E-state index is 6.23. The topological polar surface area (TPSA) is 33.7 Å². The minimum Gasteiger partial charge on any atom is -0.347 e. The van der Waals surface area contributed by atoms with Crippen molar-refractivity contribution in [2.45, 2.75) is 50.4 Å². The Balaban J connectivity index is 1.46. The summed E-state index contributed by atoms with van der Waals surface area (Å²) in [5, 5.41) is 3.31. The lowest BCUT2D eigenvalue weighted by molar-refractivity contribution is -0.163. The molecule has 110 valence electrons. The number of hydrogen-bond acceptors (Lipinski definition) is 4. The summed E-state index contributed by atoms with van der Waals surface area (Å²) in [7, 11) is 2.05. The normalized spacial score (nSPS) is 35.2. The number of ether oxygens (including phenoxy) is 2. The molecule has 2 heterocycles. The molecule has 3 aliphatic rings. The van der Waals surface area contributed by atoms with Gasteiger partial charge in [-0.05, 0) is 51.7 Å². The molecule has 0 bridgehead atoms. The van der Waals surface area contributed by atoms with E-state index < -0.39 is 0 Å². The van der Waals surface area contributed by atoms with E-state index >= 15 is 0 Å². The molecule has 0 aromatic heterocycles. The SMILES string of the molecule is CNCC1CCCN(CC2COC3(CCCC3)O2)C1. The summed E-state index contributed by atoms with van der Waals surface area (Å²) in [6.07, 6.45) is 7.72. The Morgan fingerprint density at radius 1 is 1.26 bits per heavy atom. The maximum Gasteiger partial charge on any atom is 0.168 e. The molecule has 2 saturated heterocycles. The summed E-state index contributed by atoms with van der Waals surface area (Å²) < 4.78 is 12.2. The smallest absolute Gasteiger partial charge is 0.168 e. The zero-order chi connectivity index (χ0) is 13.1. The molecule has 0 aromatic rings. The van der Waals surface area contributed by atoms with Crippen molar-refractivity contribution in [3.8, 4) is 0 Å². The Bertz CT molecular complexity index is 290. The fourth-order valence-corrected chi connectivity index (χ4v) is 3.94. The Hall–Kier alpha value is -0.160. The quantitative estimate of drug-likeness (QED) is 0.840. The second-order valence-corrected chi connectivity index (χ2v) is 6.49. The van der Waals surface area contributed by atoms with E-state index in [0.717, 1.165) is 38.5 Å². The molecule has 0 amide bonds. The average Bonchev–Trinajstić information content (AvgIpc) is 3.02. The van der Waals surface area contributed by atoms with Crippen LogP contribution in [0.1, 0.15) is 38.5 Å². The summed E-state index contributed by atoms with van der Waals surface area (Å²) >= 11 is 0. The van der Waals surface area contributed by atoms with Crippen LogP contribution in [0.25, 0.3) is 0 Å². The zero-order valence-corrected chi connectivity index (χ0v) is 12.2. The molecule has 19 heavy (non-hydrogen) atoms.